The highest BCUT2D eigenvalue weighted by atomic mass is 79.9. The third kappa shape index (κ3) is 9.20. The van der Waals surface area contributed by atoms with Gasteiger partial charge in [0.25, 0.3) is 5.63 Å². The lowest BCUT2D eigenvalue weighted by Gasteiger charge is -2.19. The summed E-state index contributed by atoms with van der Waals surface area (Å²) in [7, 11) is 0. The van der Waals surface area contributed by atoms with E-state index in [1.165, 1.54) is 59.5 Å². The first-order valence-corrected chi connectivity index (χ1v) is 14.2. The average Bonchev–Trinajstić information content (AvgIpc) is 2.80. The maximum absolute atomic E-state index is 13.9. The molecule has 3 aromatic rings. The van der Waals surface area contributed by atoms with Crippen molar-refractivity contribution in [1.29, 1.82) is 1.43 Å². The highest BCUT2D eigenvalue weighted by Gasteiger charge is 2.41. The van der Waals surface area contributed by atoms with Gasteiger partial charge in [-0.05, 0) is 48.5 Å². The first-order valence-electron chi connectivity index (χ1n) is 10.3. The van der Waals surface area contributed by atoms with Gasteiger partial charge in [-0.1, -0.05) is 64.1 Å². The van der Waals surface area contributed by atoms with Crippen molar-refractivity contribution >= 4 is 75.1 Å². The molecule has 1 heterocycles. The van der Waals surface area contributed by atoms with E-state index < -0.39 is 34.9 Å². The zero-order chi connectivity index (χ0) is 28.5. The monoisotopic (exact) mass is 759 g/mol. The molecule has 0 saturated heterocycles. The van der Waals surface area contributed by atoms with Gasteiger partial charge < -0.3 is 4.74 Å². The van der Waals surface area contributed by atoms with Gasteiger partial charge in [0.2, 0.25) is 0 Å². The van der Waals surface area contributed by atoms with Gasteiger partial charge in [0.15, 0.2) is 17.1 Å². The number of ether oxygens (including phenoxy) is 1. The van der Waals surface area contributed by atoms with E-state index >= 15 is 0 Å². The average molecular weight is 762 g/mol. The number of alkyl halides is 2. The second-order valence-electron chi connectivity index (χ2n) is 6.90. The van der Waals surface area contributed by atoms with Crippen molar-refractivity contribution in [3.8, 4) is 5.75 Å². The lowest BCUT2D eigenvalue weighted by Crippen LogP contribution is -2.25. The largest absolute Gasteiger partial charge is 0.432 e. The number of thioether (sulfide) groups is 1. The summed E-state index contributed by atoms with van der Waals surface area (Å²) < 4.78 is 103. The Hall–Kier alpha value is -1.19. The van der Waals surface area contributed by atoms with Gasteiger partial charge in [-0.25, -0.2) is 22.9 Å². The molecule has 14 heteroatoms. The summed E-state index contributed by atoms with van der Waals surface area (Å²) in [5, 5.41) is 2.00. The lowest BCUT2D eigenvalue weighted by atomic mass is 10.2. The summed E-state index contributed by atoms with van der Waals surface area (Å²) in [5.41, 5.74) is -1.29. The molecule has 1 N–H and O–H groups in total. The highest BCUT2D eigenvalue weighted by molar-refractivity contribution is 9.11. The molecule has 0 aliphatic carbocycles. The fraction of sp³-hybridized carbons (Fsp3) is 0.174. The number of hydrogen-bond donors (Lipinski definition) is 1. The molecule has 37 heavy (non-hydrogen) atoms. The van der Waals surface area contributed by atoms with Crippen LogP contribution in [-0.2, 0) is 17.5 Å². The third-order valence-corrected chi connectivity index (χ3v) is 8.39. The molecule has 0 aromatic heterocycles. The van der Waals surface area contributed by atoms with Crippen molar-refractivity contribution in [2.75, 3.05) is 11.5 Å². The van der Waals surface area contributed by atoms with E-state index in [9.17, 15) is 30.9 Å². The molecule has 3 aromatic carbocycles. The molecule has 1 aliphatic rings. The Morgan fingerprint density at radius 3 is 1.81 bits per heavy atom. The minimum absolute atomic E-state index is 0.0238. The fourth-order valence-corrected chi connectivity index (χ4v) is 6.54. The third-order valence-electron chi connectivity index (χ3n) is 4.32. The van der Waals surface area contributed by atoms with E-state index in [-0.39, 0.29) is 15.8 Å². The van der Waals surface area contributed by atoms with Gasteiger partial charge >= 0.3 is 6.11 Å². The Morgan fingerprint density at radius 1 is 0.865 bits per heavy atom. The number of halogens is 10. The predicted octanol–water partition coefficient (Wildman–Crippen LogP) is 8.91. The quantitative estimate of drug-likeness (QED) is 0.164. The lowest BCUT2D eigenvalue weighted by molar-refractivity contribution is -0.189. The van der Waals surface area contributed by atoms with Crippen LogP contribution >= 0.6 is 59.6 Å². The molecule has 200 valence electrons. The van der Waals surface area contributed by atoms with Gasteiger partial charge in [-0.15, -0.1) is 0 Å². The second-order valence-corrected chi connectivity index (χ2v) is 12.1. The summed E-state index contributed by atoms with van der Waals surface area (Å²) in [5.74, 6) is -2.08. The van der Waals surface area contributed by atoms with E-state index in [4.69, 9.17) is 1.43 Å². The second kappa shape index (κ2) is 14.8. The van der Waals surface area contributed by atoms with Crippen molar-refractivity contribution in [3.63, 3.8) is 0 Å². The van der Waals surface area contributed by atoms with Crippen LogP contribution in [0.2, 0.25) is 0 Å². The molecule has 0 saturated carbocycles. The SMILES string of the molecule is Fc1cc(Br)cc(F)c1C(F)(F)Oc1ccc(Br)cc1.Fc1cc(Br)cc(F)c1C1=[S+]CCCS1.[3H]OF. The molecule has 0 radical (unpaired) electrons. The van der Waals surface area contributed by atoms with Crippen molar-refractivity contribution in [2.24, 2.45) is 0 Å². The zero-order valence-electron chi connectivity index (χ0n) is 19.2. The van der Waals surface area contributed by atoms with Crippen LogP contribution in [0.15, 0.2) is 61.9 Å². The summed E-state index contributed by atoms with van der Waals surface area (Å²) in [4.78, 5) is 0. The molecular formula is C23H15Br3F7O2S2+. The van der Waals surface area contributed by atoms with Crippen LogP contribution in [0.25, 0.3) is 0 Å². The van der Waals surface area contributed by atoms with Gasteiger partial charge in [-0.3, -0.25) is 0 Å². The fourth-order valence-electron chi connectivity index (χ4n) is 2.83. The van der Waals surface area contributed by atoms with Crippen LogP contribution in [0.5, 0.6) is 5.75 Å². The Labute approximate surface area is 242 Å². The van der Waals surface area contributed by atoms with Crippen LogP contribution in [-0.4, -0.2) is 22.4 Å². The minimum Gasteiger partial charge on any atom is -0.429 e. The smallest absolute Gasteiger partial charge is 0.429 e. The maximum Gasteiger partial charge on any atom is 0.432 e. The molecule has 2 nitrogen and oxygen atoms in total. The van der Waals surface area contributed by atoms with Crippen LogP contribution in [0, 0.1) is 23.3 Å². The molecule has 0 atom stereocenters. The Morgan fingerprint density at radius 2 is 1.35 bits per heavy atom. The first kappa shape index (κ1) is 30.4. The number of hydrogen-bond acceptors (Lipinski definition) is 3. The molecule has 1 aliphatic heterocycles. The number of rotatable bonds is 4. The standard InChI is InChI=1S/C13H6Br2F4O.C10H8BrF2S2.FHO/c14-7-1-3-9(4-2-7)20-13(18,19)12-10(16)5-8(15)6-11(12)17;11-6-4-7(12)9(8(13)5-6)10-14-2-1-3-15-10;1-2/h1-6H;4-5H,1-3H2;2H/q;+1;/i;;2T. The van der Waals surface area contributed by atoms with Crippen molar-refractivity contribution < 1.29 is 40.9 Å². The Bertz CT molecular complexity index is 1220. The Balaban J connectivity index is 0.000000250. The van der Waals surface area contributed by atoms with E-state index in [2.05, 4.69) is 52.5 Å². The molecule has 0 amide bonds. The van der Waals surface area contributed by atoms with Crippen LogP contribution in [0.3, 0.4) is 0 Å². The normalized spacial score (nSPS) is 13.4. The summed E-state index contributed by atoms with van der Waals surface area (Å²) in [6, 6.07) is 9.57. The summed E-state index contributed by atoms with van der Waals surface area (Å²) >= 11 is 12.1. The molecule has 4 rings (SSSR count). The van der Waals surface area contributed by atoms with Crippen LogP contribution < -0.4 is 4.74 Å². The molecular weight excluding hydrogens is 745 g/mol. The van der Waals surface area contributed by atoms with Gasteiger partial charge in [0.05, 0.1) is 0 Å². The van der Waals surface area contributed by atoms with Crippen molar-refractivity contribution in [2.45, 2.75) is 12.5 Å². The maximum atomic E-state index is 13.9. The van der Waals surface area contributed by atoms with Crippen LogP contribution in [0.1, 0.15) is 17.5 Å². The van der Waals surface area contributed by atoms with E-state index in [0.29, 0.717) is 8.95 Å². The Kier molecular flexibility index (Phi) is 12.2. The van der Waals surface area contributed by atoms with Gasteiger partial charge in [0.1, 0.15) is 40.1 Å². The molecule has 0 bridgehead atoms. The van der Waals surface area contributed by atoms with E-state index in [1.807, 2.05) is 5.31 Å². The number of benzene rings is 3. The zero-order valence-corrected chi connectivity index (χ0v) is 24.5. The van der Waals surface area contributed by atoms with Crippen molar-refractivity contribution in [1.82, 2.24) is 0 Å². The minimum atomic E-state index is -4.12. The topological polar surface area (TPSA) is 29.5 Å². The highest BCUT2D eigenvalue weighted by Crippen LogP contribution is 2.36. The molecule has 0 fully saturated rings. The van der Waals surface area contributed by atoms with E-state index in [0.717, 1.165) is 34.3 Å². The molecule has 0 unspecified atom stereocenters. The van der Waals surface area contributed by atoms with Gasteiger partial charge in [-0.2, -0.15) is 8.78 Å². The van der Waals surface area contributed by atoms with Crippen molar-refractivity contribution in [3.05, 3.63) is 96.3 Å². The van der Waals surface area contributed by atoms with Crippen LogP contribution in [0.4, 0.5) is 30.9 Å². The first-order chi connectivity index (χ1) is 17.9. The van der Waals surface area contributed by atoms with E-state index in [1.54, 1.807) is 0 Å². The predicted molar refractivity (Wildman–Crippen MR) is 144 cm³/mol. The molecule has 0 spiro atoms. The summed E-state index contributed by atoms with van der Waals surface area (Å²) in [6.07, 6.45) is -3.03. The van der Waals surface area contributed by atoms with Gasteiger partial charge in [0, 0.05) is 25.6 Å². The summed E-state index contributed by atoms with van der Waals surface area (Å²) in [6.45, 7) is 0.